The summed E-state index contributed by atoms with van der Waals surface area (Å²) in [6.07, 6.45) is 0. The van der Waals surface area contributed by atoms with Gasteiger partial charge in [0, 0.05) is 4.11 Å². The monoisotopic (exact) mass is 315 g/mol. The van der Waals surface area contributed by atoms with Gasteiger partial charge < -0.3 is 0 Å². The molecule has 0 saturated carbocycles. The first-order valence-corrected chi connectivity index (χ1v) is 7.11. The minimum atomic E-state index is -2.54. The molecule has 118 valence electrons. The highest BCUT2D eigenvalue weighted by molar-refractivity contribution is 5.54. The number of aromatic nitrogens is 3. The van der Waals surface area contributed by atoms with Crippen molar-refractivity contribution in [3.8, 4) is 5.69 Å². The van der Waals surface area contributed by atoms with Crippen LogP contribution in [0.3, 0.4) is 0 Å². The SMILES string of the molecule is [2H]C([2H])([2H])c1nc(N(OCC)c2ccccc2)nn1-c1cccc(F)c1. The van der Waals surface area contributed by atoms with E-state index in [0.717, 1.165) is 4.68 Å². The van der Waals surface area contributed by atoms with Crippen molar-refractivity contribution in [2.24, 2.45) is 0 Å². The Morgan fingerprint density at radius 3 is 2.74 bits per heavy atom. The van der Waals surface area contributed by atoms with Crippen LogP contribution in [0.25, 0.3) is 5.69 Å². The summed E-state index contributed by atoms with van der Waals surface area (Å²) >= 11 is 0. The van der Waals surface area contributed by atoms with Crippen molar-refractivity contribution in [2.45, 2.75) is 13.8 Å². The minimum absolute atomic E-state index is 0.0495. The number of rotatable bonds is 5. The van der Waals surface area contributed by atoms with Gasteiger partial charge in [-0.05, 0) is 44.1 Å². The van der Waals surface area contributed by atoms with E-state index in [4.69, 9.17) is 8.95 Å². The molecular formula is C17H17FN4O. The van der Waals surface area contributed by atoms with E-state index in [1.807, 2.05) is 18.2 Å². The molecule has 0 atom stereocenters. The molecule has 0 fully saturated rings. The Hall–Kier alpha value is -2.73. The fourth-order valence-electron chi connectivity index (χ4n) is 2.12. The number of nitrogens with zero attached hydrogens (tertiary/aromatic N) is 4. The number of para-hydroxylation sites is 1. The number of benzene rings is 2. The van der Waals surface area contributed by atoms with Gasteiger partial charge in [-0.1, -0.05) is 24.3 Å². The van der Waals surface area contributed by atoms with E-state index in [1.165, 1.54) is 23.3 Å². The van der Waals surface area contributed by atoms with E-state index in [2.05, 4.69) is 10.1 Å². The van der Waals surface area contributed by atoms with Crippen LogP contribution < -0.4 is 5.06 Å². The van der Waals surface area contributed by atoms with E-state index in [1.54, 1.807) is 25.1 Å². The average Bonchev–Trinajstić information content (AvgIpc) is 3.06. The van der Waals surface area contributed by atoms with Crippen molar-refractivity contribution in [3.05, 3.63) is 66.2 Å². The third kappa shape index (κ3) is 3.22. The molecule has 0 saturated heterocycles. The fraction of sp³-hybridized carbons (Fsp3) is 0.176. The molecule has 3 aromatic rings. The smallest absolute Gasteiger partial charge is 0.266 e. The Kier molecular flexibility index (Phi) is 3.37. The van der Waals surface area contributed by atoms with Crippen LogP contribution >= 0.6 is 0 Å². The number of hydrogen-bond donors (Lipinski definition) is 0. The maximum Gasteiger partial charge on any atom is 0.274 e. The predicted molar refractivity (Wildman–Crippen MR) is 86.3 cm³/mol. The number of anilines is 2. The van der Waals surface area contributed by atoms with E-state index in [0.29, 0.717) is 12.3 Å². The third-order valence-electron chi connectivity index (χ3n) is 3.08. The van der Waals surface area contributed by atoms with Gasteiger partial charge in [0.1, 0.15) is 11.6 Å². The van der Waals surface area contributed by atoms with Gasteiger partial charge >= 0.3 is 0 Å². The molecule has 0 radical (unpaired) electrons. The first kappa shape index (κ1) is 11.8. The number of aryl methyl sites for hydroxylation is 1. The van der Waals surface area contributed by atoms with Crippen LogP contribution in [0, 0.1) is 12.7 Å². The molecule has 2 aromatic carbocycles. The maximum absolute atomic E-state index is 13.6. The Bertz CT molecular complexity index is 883. The summed E-state index contributed by atoms with van der Waals surface area (Å²) in [6, 6.07) is 14.6. The summed E-state index contributed by atoms with van der Waals surface area (Å²) in [6.45, 7) is -0.414. The van der Waals surface area contributed by atoms with Crippen LogP contribution in [0.4, 0.5) is 16.0 Å². The van der Waals surface area contributed by atoms with Crippen molar-refractivity contribution in [3.63, 3.8) is 0 Å². The summed E-state index contributed by atoms with van der Waals surface area (Å²) < 4.78 is 37.9. The Morgan fingerprint density at radius 1 is 1.22 bits per heavy atom. The third-order valence-corrected chi connectivity index (χ3v) is 3.08. The molecule has 1 heterocycles. The molecule has 3 rings (SSSR count). The van der Waals surface area contributed by atoms with E-state index in [-0.39, 0.29) is 17.5 Å². The Balaban J connectivity index is 2.13. The lowest BCUT2D eigenvalue weighted by Crippen LogP contribution is -2.19. The highest BCUT2D eigenvalue weighted by Crippen LogP contribution is 2.24. The van der Waals surface area contributed by atoms with Crippen LogP contribution in [0.2, 0.25) is 0 Å². The minimum Gasteiger partial charge on any atom is -0.266 e. The first-order chi connectivity index (χ1) is 12.4. The lowest BCUT2D eigenvalue weighted by molar-refractivity contribution is 0.145. The van der Waals surface area contributed by atoms with Crippen molar-refractivity contribution in [1.82, 2.24) is 14.8 Å². The van der Waals surface area contributed by atoms with Gasteiger partial charge in [0.25, 0.3) is 5.95 Å². The van der Waals surface area contributed by atoms with Crippen LogP contribution in [0.15, 0.2) is 54.6 Å². The standard InChI is InChI=1S/C17H17FN4O/c1-3-23-22(15-9-5-4-6-10-15)17-19-13(2)21(20-17)16-11-7-8-14(18)12-16/h4-12H,3H2,1-2H3/i2D3. The van der Waals surface area contributed by atoms with E-state index in [9.17, 15) is 4.39 Å². The molecule has 0 aliphatic heterocycles. The van der Waals surface area contributed by atoms with E-state index >= 15 is 0 Å². The molecular weight excluding hydrogens is 295 g/mol. The second-order valence-corrected chi connectivity index (χ2v) is 4.67. The zero-order valence-electron chi connectivity index (χ0n) is 15.5. The van der Waals surface area contributed by atoms with Crippen LogP contribution in [0.5, 0.6) is 0 Å². The van der Waals surface area contributed by atoms with E-state index < -0.39 is 12.7 Å². The van der Waals surface area contributed by atoms with Crippen LogP contribution in [0.1, 0.15) is 16.9 Å². The normalized spacial score (nSPS) is 13.2. The highest BCUT2D eigenvalue weighted by Gasteiger charge is 2.17. The van der Waals surface area contributed by atoms with Crippen molar-refractivity contribution >= 4 is 11.6 Å². The van der Waals surface area contributed by atoms with Crippen molar-refractivity contribution in [1.29, 1.82) is 0 Å². The molecule has 0 aliphatic rings. The van der Waals surface area contributed by atoms with Gasteiger partial charge in [0.2, 0.25) is 0 Å². The summed E-state index contributed by atoms with van der Waals surface area (Å²) in [5, 5.41) is 5.62. The quantitative estimate of drug-likeness (QED) is 0.672. The molecule has 1 aromatic heterocycles. The lowest BCUT2D eigenvalue weighted by Gasteiger charge is -2.19. The summed E-state index contributed by atoms with van der Waals surface area (Å²) in [5.74, 6) is -0.729. The molecule has 0 spiro atoms. The lowest BCUT2D eigenvalue weighted by atomic mass is 10.3. The van der Waals surface area contributed by atoms with Crippen molar-refractivity contribution in [2.75, 3.05) is 11.7 Å². The molecule has 0 bridgehead atoms. The van der Waals surface area contributed by atoms with Gasteiger partial charge in [0.15, 0.2) is 0 Å². The summed E-state index contributed by atoms with van der Waals surface area (Å²) in [4.78, 5) is 9.74. The Labute approximate surface area is 138 Å². The highest BCUT2D eigenvalue weighted by atomic mass is 19.1. The number of halogens is 1. The topological polar surface area (TPSA) is 43.2 Å². The average molecular weight is 315 g/mol. The predicted octanol–water partition coefficient (Wildman–Crippen LogP) is 3.80. The second kappa shape index (κ2) is 6.58. The van der Waals surface area contributed by atoms with Gasteiger partial charge in [-0.15, -0.1) is 5.10 Å². The van der Waals surface area contributed by atoms with Crippen LogP contribution in [-0.4, -0.2) is 21.4 Å². The largest absolute Gasteiger partial charge is 0.274 e. The summed E-state index contributed by atoms with van der Waals surface area (Å²) in [5.41, 5.74) is 0.905. The molecule has 5 nitrogen and oxygen atoms in total. The molecule has 0 unspecified atom stereocenters. The van der Waals surface area contributed by atoms with Crippen molar-refractivity contribution < 1.29 is 13.3 Å². The molecule has 0 amide bonds. The number of hydrogen-bond acceptors (Lipinski definition) is 4. The second-order valence-electron chi connectivity index (χ2n) is 4.67. The summed E-state index contributed by atoms with van der Waals surface area (Å²) in [7, 11) is 0. The van der Waals surface area contributed by atoms with Gasteiger partial charge in [0.05, 0.1) is 18.0 Å². The van der Waals surface area contributed by atoms with Crippen LogP contribution in [-0.2, 0) is 4.84 Å². The first-order valence-electron chi connectivity index (χ1n) is 8.61. The molecule has 23 heavy (non-hydrogen) atoms. The fourth-order valence-corrected chi connectivity index (χ4v) is 2.12. The zero-order valence-corrected chi connectivity index (χ0v) is 12.5. The van der Waals surface area contributed by atoms with Gasteiger partial charge in [-0.3, -0.25) is 4.84 Å². The maximum atomic E-state index is 13.6. The molecule has 0 N–H and O–H groups in total. The molecule has 0 aliphatic carbocycles. The zero-order chi connectivity index (χ0) is 18.7. The van der Waals surface area contributed by atoms with Gasteiger partial charge in [-0.2, -0.15) is 10.0 Å². The molecule has 6 heteroatoms. The van der Waals surface area contributed by atoms with Gasteiger partial charge in [-0.25, -0.2) is 9.07 Å². The Morgan fingerprint density at radius 2 is 2.04 bits per heavy atom.